The lowest BCUT2D eigenvalue weighted by Crippen LogP contribution is -2.19. The Labute approximate surface area is 226 Å². The Balaban J connectivity index is 1.35. The molecular weight excluding hydrogens is 507 g/mol. The zero-order chi connectivity index (χ0) is 27.8. The van der Waals surface area contributed by atoms with Gasteiger partial charge in [0.05, 0.1) is 0 Å². The summed E-state index contributed by atoms with van der Waals surface area (Å²) in [5, 5.41) is 1.37. The van der Waals surface area contributed by atoms with Gasteiger partial charge in [-0.2, -0.15) is 13.2 Å². The minimum absolute atomic E-state index is 0.302. The van der Waals surface area contributed by atoms with Crippen LogP contribution in [0, 0.1) is 11.6 Å². The van der Waals surface area contributed by atoms with E-state index in [1.54, 1.807) is 6.07 Å². The molecule has 0 heterocycles. The Bertz CT molecular complexity index is 1380. The van der Waals surface area contributed by atoms with E-state index in [1.165, 1.54) is 42.5 Å². The lowest BCUT2D eigenvalue weighted by molar-refractivity contribution is -0.153. The third-order valence-electron chi connectivity index (χ3n) is 6.96. The van der Waals surface area contributed by atoms with Crippen molar-refractivity contribution in [2.75, 3.05) is 6.61 Å². The highest BCUT2D eigenvalue weighted by molar-refractivity contribution is 5.84. The molecule has 0 aliphatic rings. The fourth-order valence-corrected chi connectivity index (χ4v) is 4.73. The molecule has 4 aromatic carbocycles. The third-order valence-corrected chi connectivity index (χ3v) is 6.96. The van der Waals surface area contributed by atoms with E-state index in [0.717, 1.165) is 36.3 Å². The van der Waals surface area contributed by atoms with Gasteiger partial charge < -0.3 is 4.74 Å². The minimum atomic E-state index is -4.54. The quantitative estimate of drug-likeness (QED) is 0.128. The first-order chi connectivity index (χ1) is 18.7. The molecule has 0 fully saturated rings. The van der Waals surface area contributed by atoms with E-state index in [-0.39, 0.29) is 5.82 Å². The number of alkyl halides is 3. The maximum absolute atomic E-state index is 15.3. The summed E-state index contributed by atoms with van der Waals surface area (Å²) in [5.41, 5.74) is 4.86. The van der Waals surface area contributed by atoms with Crippen LogP contribution in [0.1, 0.15) is 54.0 Å². The summed E-state index contributed by atoms with van der Waals surface area (Å²) in [5.74, 6) is -1.63. The van der Waals surface area contributed by atoms with Crippen molar-refractivity contribution in [3.63, 3.8) is 0 Å². The number of fused-ring (bicyclic) bond motifs is 1. The average Bonchev–Trinajstić information content (AvgIpc) is 2.91. The lowest BCUT2D eigenvalue weighted by atomic mass is 9.97. The van der Waals surface area contributed by atoms with Gasteiger partial charge in [0.25, 0.3) is 0 Å². The molecule has 1 nitrogen and oxygen atoms in total. The van der Waals surface area contributed by atoms with Crippen LogP contribution in [0.4, 0.5) is 22.0 Å². The van der Waals surface area contributed by atoms with Gasteiger partial charge in [-0.1, -0.05) is 80.4 Å². The molecule has 0 aromatic heterocycles. The number of hydrogen-bond acceptors (Lipinski definition) is 1. The molecule has 0 atom stereocenters. The molecule has 0 bridgehead atoms. The van der Waals surface area contributed by atoms with Crippen molar-refractivity contribution < 1.29 is 26.7 Å². The number of unbranched alkanes of at least 4 members (excludes halogenated alkanes) is 2. The molecule has 0 unspecified atom stereocenters. The topological polar surface area (TPSA) is 9.23 Å². The number of halogens is 5. The molecular formula is C33H33F5O. The smallest absolute Gasteiger partial charge is 0.422 e. The number of aryl methyl sites for hydroxylation is 5. The van der Waals surface area contributed by atoms with Gasteiger partial charge in [-0.3, -0.25) is 0 Å². The summed E-state index contributed by atoms with van der Waals surface area (Å²) in [6.07, 6.45) is 2.73. The molecule has 206 valence electrons. The van der Waals surface area contributed by atoms with Crippen LogP contribution >= 0.6 is 0 Å². The van der Waals surface area contributed by atoms with Gasteiger partial charge in [-0.05, 0) is 83.9 Å². The first kappa shape index (κ1) is 28.6. The Hall–Kier alpha value is -3.41. The van der Waals surface area contributed by atoms with Crippen molar-refractivity contribution in [1.29, 1.82) is 0 Å². The van der Waals surface area contributed by atoms with Gasteiger partial charge in [-0.15, -0.1) is 0 Å². The molecule has 0 aliphatic carbocycles. The van der Waals surface area contributed by atoms with E-state index in [2.05, 4.69) is 35.9 Å². The zero-order valence-corrected chi connectivity index (χ0v) is 22.1. The van der Waals surface area contributed by atoms with Crippen LogP contribution in [0.3, 0.4) is 0 Å². The highest BCUT2D eigenvalue weighted by Crippen LogP contribution is 2.26. The van der Waals surface area contributed by atoms with Crippen molar-refractivity contribution in [2.45, 2.75) is 64.5 Å². The summed E-state index contributed by atoms with van der Waals surface area (Å²) >= 11 is 0. The Morgan fingerprint density at radius 1 is 0.641 bits per heavy atom. The number of rotatable bonds is 12. The van der Waals surface area contributed by atoms with Gasteiger partial charge in [0.2, 0.25) is 0 Å². The van der Waals surface area contributed by atoms with E-state index in [0.29, 0.717) is 29.4 Å². The summed E-state index contributed by atoms with van der Waals surface area (Å²) in [4.78, 5) is 0. The second-order valence-corrected chi connectivity index (χ2v) is 10.0. The summed E-state index contributed by atoms with van der Waals surface area (Å²) in [6.45, 7) is 0.654. The second kappa shape index (κ2) is 13.1. The van der Waals surface area contributed by atoms with Gasteiger partial charge in [0.1, 0.15) is 5.82 Å². The van der Waals surface area contributed by atoms with E-state index in [9.17, 15) is 17.6 Å². The first-order valence-electron chi connectivity index (χ1n) is 13.5. The van der Waals surface area contributed by atoms with Crippen LogP contribution in [0.5, 0.6) is 5.75 Å². The maximum atomic E-state index is 15.3. The SMILES string of the molecule is CCCCCc1ccc(CCc2ccc3c(F)c(CCc4ccc(OCC(F)(F)F)c(F)c4)ccc3c2)cc1. The predicted octanol–water partition coefficient (Wildman–Crippen LogP) is 9.36. The summed E-state index contributed by atoms with van der Waals surface area (Å²) < 4.78 is 70.8. The molecule has 0 aliphatic heterocycles. The maximum Gasteiger partial charge on any atom is 0.422 e. The Kier molecular flexibility index (Phi) is 9.60. The molecule has 4 aromatic rings. The molecule has 0 amide bonds. The molecule has 39 heavy (non-hydrogen) atoms. The van der Waals surface area contributed by atoms with Crippen LogP contribution in [0.15, 0.2) is 72.8 Å². The van der Waals surface area contributed by atoms with Gasteiger partial charge in [0.15, 0.2) is 18.2 Å². The van der Waals surface area contributed by atoms with Crippen LogP contribution in [0.2, 0.25) is 0 Å². The monoisotopic (exact) mass is 540 g/mol. The largest absolute Gasteiger partial charge is 0.481 e. The van der Waals surface area contributed by atoms with Crippen LogP contribution in [-0.4, -0.2) is 12.8 Å². The molecule has 0 saturated carbocycles. The molecule has 0 N–H and O–H groups in total. The number of hydrogen-bond donors (Lipinski definition) is 0. The molecule has 4 rings (SSSR count). The standard InChI is InChI=1S/C33H33F5O/c1-2-3-4-5-23-6-8-24(9-7-23)10-11-25-13-18-29-28(20-25)17-16-27(32(29)35)15-12-26-14-19-31(30(34)21-26)39-22-33(36,37)38/h6-9,13-14,16-21H,2-5,10-12,15,22H2,1H3. The van der Waals surface area contributed by atoms with Gasteiger partial charge in [-0.25, -0.2) is 8.78 Å². The van der Waals surface area contributed by atoms with Crippen molar-refractivity contribution in [1.82, 2.24) is 0 Å². The van der Waals surface area contributed by atoms with Gasteiger partial charge >= 0.3 is 6.18 Å². The summed E-state index contributed by atoms with van der Waals surface area (Å²) in [6, 6.07) is 22.1. The fraction of sp³-hybridized carbons (Fsp3) is 0.333. The van der Waals surface area contributed by atoms with Crippen LogP contribution in [0.25, 0.3) is 10.8 Å². The minimum Gasteiger partial charge on any atom is -0.481 e. The van der Waals surface area contributed by atoms with E-state index >= 15 is 4.39 Å². The molecule has 0 spiro atoms. The second-order valence-electron chi connectivity index (χ2n) is 10.0. The van der Waals surface area contributed by atoms with Crippen molar-refractivity contribution in [3.8, 4) is 5.75 Å². The molecule has 6 heteroatoms. The van der Waals surface area contributed by atoms with Crippen LogP contribution < -0.4 is 4.74 Å². The Morgan fingerprint density at radius 2 is 1.26 bits per heavy atom. The fourth-order valence-electron chi connectivity index (χ4n) is 4.73. The molecule has 0 radical (unpaired) electrons. The number of ether oxygens (including phenoxy) is 1. The lowest BCUT2D eigenvalue weighted by Gasteiger charge is -2.11. The normalized spacial score (nSPS) is 11.7. The van der Waals surface area contributed by atoms with Gasteiger partial charge in [0, 0.05) is 5.39 Å². The van der Waals surface area contributed by atoms with E-state index in [1.807, 2.05) is 24.3 Å². The van der Waals surface area contributed by atoms with E-state index < -0.39 is 24.3 Å². The predicted molar refractivity (Wildman–Crippen MR) is 146 cm³/mol. The average molecular weight is 541 g/mol. The van der Waals surface area contributed by atoms with E-state index in [4.69, 9.17) is 0 Å². The summed E-state index contributed by atoms with van der Waals surface area (Å²) in [7, 11) is 0. The van der Waals surface area contributed by atoms with Crippen molar-refractivity contribution in [3.05, 3.63) is 112 Å². The first-order valence-corrected chi connectivity index (χ1v) is 13.5. The van der Waals surface area contributed by atoms with Crippen molar-refractivity contribution >= 4 is 10.8 Å². The number of benzene rings is 4. The zero-order valence-electron chi connectivity index (χ0n) is 22.1. The highest BCUT2D eigenvalue weighted by Gasteiger charge is 2.29. The third kappa shape index (κ3) is 8.29. The molecule has 0 saturated heterocycles. The van der Waals surface area contributed by atoms with Crippen LogP contribution in [-0.2, 0) is 32.1 Å². The Morgan fingerprint density at radius 3 is 1.95 bits per heavy atom. The van der Waals surface area contributed by atoms with Crippen molar-refractivity contribution in [2.24, 2.45) is 0 Å². The highest BCUT2D eigenvalue weighted by atomic mass is 19.4.